The maximum Gasteiger partial charge on any atom is 0.236 e. The van der Waals surface area contributed by atoms with Crippen molar-refractivity contribution in [2.24, 2.45) is 0 Å². The monoisotopic (exact) mass is 354 g/mol. The average molecular weight is 354 g/mol. The van der Waals surface area contributed by atoms with Gasteiger partial charge in [-0.2, -0.15) is 0 Å². The molecule has 0 bridgehead atoms. The fourth-order valence-corrected chi connectivity index (χ4v) is 3.13. The van der Waals surface area contributed by atoms with Gasteiger partial charge in [-0.05, 0) is 38.4 Å². The summed E-state index contributed by atoms with van der Waals surface area (Å²) in [4.78, 5) is 29.3. The predicted molar refractivity (Wildman–Crippen MR) is 101 cm³/mol. The third kappa shape index (κ3) is 4.76. The Kier molecular flexibility index (Phi) is 5.78. The minimum Gasteiger partial charge on any atom is -0.348 e. The summed E-state index contributed by atoms with van der Waals surface area (Å²) in [5.74, 6) is 1.90. The molecule has 1 N–H and O–H groups in total. The number of nitrogens with one attached hydrogen (secondary N) is 1. The molecule has 3 rings (SSSR count). The number of hydrogen-bond donors (Lipinski definition) is 1. The first-order valence-corrected chi connectivity index (χ1v) is 8.96. The number of aromatic nitrogens is 3. The van der Waals surface area contributed by atoms with E-state index in [9.17, 15) is 4.79 Å². The number of amides is 1. The summed E-state index contributed by atoms with van der Waals surface area (Å²) in [5, 5.41) is 3.18. The van der Waals surface area contributed by atoms with Gasteiger partial charge in [-0.25, -0.2) is 9.97 Å². The van der Waals surface area contributed by atoms with Crippen LogP contribution in [-0.4, -0.2) is 64.4 Å². The molecule has 0 unspecified atom stereocenters. The second-order valence-corrected chi connectivity index (χ2v) is 6.98. The summed E-state index contributed by atoms with van der Waals surface area (Å²) in [7, 11) is 3.59. The lowest BCUT2D eigenvalue weighted by Gasteiger charge is -2.32. The Morgan fingerprint density at radius 1 is 1.27 bits per heavy atom. The molecular formula is C19H26N6O. The van der Waals surface area contributed by atoms with Crippen molar-refractivity contribution in [3.8, 4) is 0 Å². The zero-order chi connectivity index (χ0) is 18.5. The summed E-state index contributed by atoms with van der Waals surface area (Å²) in [6.45, 7) is 4.23. The lowest BCUT2D eigenvalue weighted by Crippen LogP contribution is -2.41. The Labute approximate surface area is 154 Å². The lowest BCUT2D eigenvalue weighted by molar-refractivity contribution is -0.130. The van der Waals surface area contributed by atoms with Crippen molar-refractivity contribution in [3.05, 3.63) is 42.0 Å². The van der Waals surface area contributed by atoms with E-state index in [1.165, 1.54) is 0 Å². The number of anilines is 2. The van der Waals surface area contributed by atoms with Crippen molar-refractivity contribution in [2.75, 3.05) is 39.0 Å². The number of likely N-dealkylation sites (tertiary alicyclic amines) is 1. The fourth-order valence-electron chi connectivity index (χ4n) is 3.13. The Balaban J connectivity index is 1.61. The molecule has 1 aliphatic rings. The van der Waals surface area contributed by atoms with Gasteiger partial charge in [0, 0.05) is 32.3 Å². The minimum atomic E-state index is 0.141. The summed E-state index contributed by atoms with van der Waals surface area (Å²) < 4.78 is 0. The van der Waals surface area contributed by atoms with Crippen LogP contribution in [0.15, 0.2) is 30.6 Å². The molecule has 7 heteroatoms. The van der Waals surface area contributed by atoms with Gasteiger partial charge in [0.15, 0.2) is 0 Å². The van der Waals surface area contributed by atoms with Crippen LogP contribution in [0.3, 0.4) is 0 Å². The third-order valence-corrected chi connectivity index (χ3v) is 4.60. The van der Waals surface area contributed by atoms with E-state index in [1.807, 2.05) is 31.3 Å². The molecule has 1 atom stereocenters. The van der Waals surface area contributed by atoms with Crippen molar-refractivity contribution in [1.29, 1.82) is 0 Å². The van der Waals surface area contributed by atoms with Crippen molar-refractivity contribution < 1.29 is 4.79 Å². The van der Waals surface area contributed by atoms with Crippen LogP contribution in [0, 0.1) is 6.92 Å². The Bertz CT molecular complexity index is 746. The zero-order valence-corrected chi connectivity index (χ0v) is 15.6. The number of rotatable bonds is 5. The van der Waals surface area contributed by atoms with Gasteiger partial charge in [0.25, 0.3) is 0 Å². The van der Waals surface area contributed by atoms with Crippen LogP contribution >= 0.6 is 0 Å². The number of carbonyl (C=O) groups is 1. The van der Waals surface area contributed by atoms with Crippen LogP contribution in [0.4, 0.5) is 11.6 Å². The first-order valence-electron chi connectivity index (χ1n) is 8.96. The normalized spacial score (nSPS) is 17.7. The zero-order valence-electron chi connectivity index (χ0n) is 15.6. The standard InChI is InChI=1S/C19H26N6O/c1-14-6-4-8-17(22-14)23-18-11-20-16(10-21-18)15-7-5-9-25(12-15)13-19(26)24(2)3/h4,6,8,10-11,15H,5,7,9,12-13H2,1-3H3,(H,21,22,23)/t15-/m0/s1. The quantitative estimate of drug-likeness (QED) is 0.887. The molecule has 0 aromatic carbocycles. The van der Waals surface area contributed by atoms with Gasteiger partial charge in [0.2, 0.25) is 5.91 Å². The van der Waals surface area contributed by atoms with Crippen molar-refractivity contribution in [1.82, 2.24) is 24.8 Å². The van der Waals surface area contributed by atoms with Gasteiger partial charge in [-0.15, -0.1) is 0 Å². The van der Waals surface area contributed by atoms with E-state index < -0.39 is 0 Å². The first kappa shape index (κ1) is 18.3. The molecule has 0 radical (unpaired) electrons. The van der Waals surface area contributed by atoms with E-state index in [0.29, 0.717) is 18.3 Å². The minimum absolute atomic E-state index is 0.141. The number of likely N-dealkylation sites (N-methyl/N-ethyl adjacent to an activating group) is 1. The molecule has 0 spiro atoms. The van der Waals surface area contributed by atoms with Gasteiger partial charge in [-0.1, -0.05) is 6.07 Å². The van der Waals surface area contributed by atoms with Crippen LogP contribution < -0.4 is 5.32 Å². The molecule has 3 heterocycles. The number of hydrogen-bond acceptors (Lipinski definition) is 6. The van der Waals surface area contributed by atoms with Crippen LogP contribution in [0.1, 0.15) is 30.1 Å². The van der Waals surface area contributed by atoms with Crippen molar-refractivity contribution in [2.45, 2.75) is 25.7 Å². The van der Waals surface area contributed by atoms with E-state index in [2.05, 4.69) is 25.2 Å². The van der Waals surface area contributed by atoms with Gasteiger partial charge >= 0.3 is 0 Å². The summed E-state index contributed by atoms with van der Waals surface area (Å²) in [5.41, 5.74) is 1.93. The molecule has 1 amide bonds. The van der Waals surface area contributed by atoms with E-state index in [1.54, 1.807) is 25.2 Å². The van der Waals surface area contributed by atoms with Crippen LogP contribution in [0.25, 0.3) is 0 Å². The Morgan fingerprint density at radius 3 is 2.81 bits per heavy atom. The topological polar surface area (TPSA) is 74.2 Å². The number of aryl methyl sites for hydroxylation is 1. The molecule has 1 aliphatic heterocycles. The molecule has 1 saturated heterocycles. The molecule has 0 aliphatic carbocycles. The molecule has 138 valence electrons. The smallest absolute Gasteiger partial charge is 0.236 e. The van der Waals surface area contributed by atoms with E-state index in [-0.39, 0.29) is 5.91 Å². The van der Waals surface area contributed by atoms with Gasteiger partial charge in [-0.3, -0.25) is 14.7 Å². The lowest BCUT2D eigenvalue weighted by atomic mass is 9.95. The van der Waals surface area contributed by atoms with E-state index in [4.69, 9.17) is 0 Å². The Morgan fingerprint density at radius 2 is 2.12 bits per heavy atom. The first-order chi connectivity index (χ1) is 12.5. The van der Waals surface area contributed by atoms with Crippen molar-refractivity contribution in [3.63, 3.8) is 0 Å². The summed E-state index contributed by atoms with van der Waals surface area (Å²) in [6, 6.07) is 5.82. The average Bonchev–Trinajstić information content (AvgIpc) is 2.62. The van der Waals surface area contributed by atoms with Crippen molar-refractivity contribution >= 4 is 17.5 Å². The van der Waals surface area contributed by atoms with Crippen LogP contribution in [0.5, 0.6) is 0 Å². The molecule has 2 aromatic rings. The highest BCUT2D eigenvalue weighted by Gasteiger charge is 2.24. The third-order valence-electron chi connectivity index (χ3n) is 4.60. The number of pyridine rings is 1. The highest BCUT2D eigenvalue weighted by atomic mass is 16.2. The maximum atomic E-state index is 11.9. The van der Waals surface area contributed by atoms with Gasteiger partial charge in [0.1, 0.15) is 11.6 Å². The number of nitrogens with zero attached hydrogens (tertiary/aromatic N) is 5. The molecule has 2 aromatic heterocycles. The number of piperidine rings is 1. The second kappa shape index (κ2) is 8.23. The maximum absolute atomic E-state index is 11.9. The Hall–Kier alpha value is -2.54. The molecular weight excluding hydrogens is 328 g/mol. The summed E-state index contributed by atoms with van der Waals surface area (Å²) in [6.07, 6.45) is 5.73. The fraction of sp³-hybridized carbons (Fsp3) is 0.474. The van der Waals surface area contributed by atoms with E-state index in [0.717, 1.165) is 43.1 Å². The van der Waals surface area contributed by atoms with Crippen LogP contribution in [0.2, 0.25) is 0 Å². The molecule has 0 saturated carbocycles. The van der Waals surface area contributed by atoms with Gasteiger partial charge in [0.05, 0.1) is 24.6 Å². The highest BCUT2D eigenvalue weighted by molar-refractivity contribution is 5.77. The summed E-state index contributed by atoms with van der Waals surface area (Å²) >= 11 is 0. The SMILES string of the molecule is Cc1cccc(Nc2cnc([C@H]3CCCN(CC(=O)N(C)C)C3)cn2)n1. The van der Waals surface area contributed by atoms with Crippen LogP contribution in [-0.2, 0) is 4.79 Å². The second-order valence-electron chi connectivity index (χ2n) is 6.98. The largest absolute Gasteiger partial charge is 0.348 e. The predicted octanol–water partition coefficient (Wildman–Crippen LogP) is 2.19. The highest BCUT2D eigenvalue weighted by Crippen LogP contribution is 2.25. The number of carbonyl (C=O) groups excluding carboxylic acids is 1. The molecule has 1 fully saturated rings. The molecule has 7 nitrogen and oxygen atoms in total. The molecule has 26 heavy (non-hydrogen) atoms. The van der Waals surface area contributed by atoms with E-state index >= 15 is 0 Å². The van der Waals surface area contributed by atoms with Gasteiger partial charge < -0.3 is 10.2 Å².